The number of nitrogens with zero attached hydrogens (tertiary/aromatic N) is 2. The molecule has 2 fully saturated rings. The van der Waals surface area contributed by atoms with Gasteiger partial charge in [-0.2, -0.15) is 0 Å². The standard InChI is InChI=1S/C9H17N2.Y/c1-8(2)11-6-4-9(11)3-5-10-7-9;/h8H,3-7H2,1-2H3;/q-1;. The van der Waals surface area contributed by atoms with Crippen LogP contribution in [-0.4, -0.2) is 36.1 Å². The quantitative estimate of drug-likeness (QED) is 0.683. The van der Waals surface area contributed by atoms with E-state index >= 15 is 0 Å². The minimum absolute atomic E-state index is 0. The molecule has 0 aliphatic carbocycles. The molecule has 0 saturated carbocycles. The minimum atomic E-state index is 0. The zero-order valence-electron chi connectivity index (χ0n) is 8.08. The molecule has 3 heteroatoms. The van der Waals surface area contributed by atoms with Gasteiger partial charge in [-0.25, -0.2) is 0 Å². The van der Waals surface area contributed by atoms with Crippen LogP contribution in [0.15, 0.2) is 0 Å². The second kappa shape index (κ2) is 4.04. The third-order valence-electron chi connectivity index (χ3n) is 3.19. The number of likely N-dealkylation sites (tertiary alicyclic amines) is 1. The van der Waals surface area contributed by atoms with Crippen molar-refractivity contribution in [2.75, 3.05) is 19.6 Å². The molecule has 0 aromatic carbocycles. The summed E-state index contributed by atoms with van der Waals surface area (Å²) >= 11 is 0. The molecule has 1 unspecified atom stereocenters. The summed E-state index contributed by atoms with van der Waals surface area (Å²) in [6, 6.07) is 0.719. The van der Waals surface area contributed by atoms with Crippen molar-refractivity contribution < 1.29 is 32.7 Å². The first-order valence-electron chi connectivity index (χ1n) is 4.65. The van der Waals surface area contributed by atoms with E-state index in [0.29, 0.717) is 5.54 Å². The van der Waals surface area contributed by atoms with Gasteiger partial charge < -0.3 is 5.32 Å². The second-order valence-corrected chi connectivity index (χ2v) is 4.12. The maximum absolute atomic E-state index is 4.45. The predicted octanol–water partition coefficient (Wildman–Crippen LogP) is 1.61. The Bertz CT molecular complexity index is 153. The Balaban J connectivity index is 0.000000720. The first-order chi connectivity index (χ1) is 5.25. The van der Waals surface area contributed by atoms with Gasteiger partial charge in [-0.1, -0.05) is 6.42 Å². The third kappa shape index (κ3) is 1.64. The molecule has 0 bridgehead atoms. The molecule has 0 N–H and O–H groups in total. The fraction of sp³-hybridized carbons (Fsp3) is 1.00. The van der Waals surface area contributed by atoms with Gasteiger partial charge in [0.2, 0.25) is 0 Å². The summed E-state index contributed by atoms with van der Waals surface area (Å²) in [6.45, 7) is 8.08. The molecule has 1 radical (unpaired) electrons. The molecule has 2 rings (SSSR count). The SMILES string of the molecule is CC(C)N1CCC12CC[N-]C2.[Y]. The second-order valence-electron chi connectivity index (χ2n) is 4.12. The molecule has 12 heavy (non-hydrogen) atoms. The smallest absolute Gasteiger partial charge is 0.00434 e. The summed E-state index contributed by atoms with van der Waals surface area (Å²) in [4.78, 5) is 2.61. The zero-order chi connectivity index (χ0) is 7.90. The molecule has 0 amide bonds. The summed E-state index contributed by atoms with van der Waals surface area (Å²) in [5, 5.41) is 4.45. The Morgan fingerprint density at radius 2 is 2.08 bits per heavy atom. The third-order valence-corrected chi connectivity index (χ3v) is 3.19. The zero-order valence-corrected chi connectivity index (χ0v) is 10.9. The summed E-state index contributed by atoms with van der Waals surface area (Å²) in [5.74, 6) is 0. The monoisotopic (exact) mass is 242 g/mol. The van der Waals surface area contributed by atoms with Gasteiger partial charge in [0.15, 0.2) is 0 Å². The van der Waals surface area contributed by atoms with Crippen LogP contribution >= 0.6 is 0 Å². The van der Waals surface area contributed by atoms with E-state index in [0.717, 1.165) is 19.1 Å². The van der Waals surface area contributed by atoms with E-state index in [-0.39, 0.29) is 32.7 Å². The molecule has 0 aromatic rings. The van der Waals surface area contributed by atoms with Crippen LogP contribution in [-0.2, 0) is 32.7 Å². The van der Waals surface area contributed by atoms with Crippen LogP contribution in [0.25, 0.3) is 5.32 Å². The fourth-order valence-corrected chi connectivity index (χ4v) is 2.45. The van der Waals surface area contributed by atoms with Crippen molar-refractivity contribution >= 4 is 0 Å². The summed E-state index contributed by atoms with van der Waals surface area (Å²) in [5.41, 5.74) is 0.522. The Morgan fingerprint density at radius 3 is 2.42 bits per heavy atom. The average Bonchev–Trinajstić information content (AvgIpc) is 2.31. The van der Waals surface area contributed by atoms with Crippen LogP contribution in [0.1, 0.15) is 26.7 Å². The van der Waals surface area contributed by atoms with Crippen LogP contribution in [0.4, 0.5) is 0 Å². The topological polar surface area (TPSA) is 17.3 Å². The van der Waals surface area contributed by atoms with Crippen molar-refractivity contribution in [3.8, 4) is 0 Å². The van der Waals surface area contributed by atoms with E-state index in [1.807, 2.05) is 0 Å². The Kier molecular flexibility index (Phi) is 3.73. The molecule has 2 saturated heterocycles. The van der Waals surface area contributed by atoms with Crippen LogP contribution in [0.2, 0.25) is 0 Å². The van der Waals surface area contributed by atoms with E-state index in [2.05, 4.69) is 24.1 Å². The van der Waals surface area contributed by atoms with E-state index in [1.165, 1.54) is 19.4 Å². The molecule has 1 spiro atoms. The van der Waals surface area contributed by atoms with Crippen molar-refractivity contribution in [3.05, 3.63) is 5.32 Å². The summed E-state index contributed by atoms with van der Waals surface area (Å²) in [7, 11) is 0. The molecule has 2 nitrogen and oxygen atoms in total. The van der Waals surface area contributed by atoms with Gasteiger partial charge in [-0.3, -0.25) is 4.90 Å². The summed E-state index contributed by atoms with van der Waals surface area (Å²) in [6.07, 6.45) is 2.69. The van der Waals surface area contributed by atoms with Crippen LogP contribution in [0.3, 0.4) is 0 Å². The largest absolute Gasteiger partial charge is 0.661 e. The first-order valence-corrected chi connectivity index (χ1v) is 4.65. The van der Waals surface area contributed by atoms with E-state index in [4.69, 9.17) is 0 Å². The van der Waals surface area contributed by atoms with Crippen LogP contribution in [0.5, 0.6) is 0 Å². The van der Waals surface area contributed by atoms with Gasteiger partial charge in [0.05, 0.1) is 0 Å². The molecular weight excluding hydrogens is 225 g/mol. The number of rotatable bonds is 1. The van der Waals surface area contributed by atoms with E-state index in [1.54, 1.807) is 0 Å². The molecule has 1 atom stereocenters. The first kappa shape index (κ1) is 11.1. The van der Waals surface area contributed by atoms with Crippen LogP contribution in [0, 0.1) is 0 Å². The molecule has 2 heterocycles. The van der Waals surface area contributed by atoms with Gasteiger partial charge in [-0.15, -0.1) is 13.1 Å². The van der Waals surface area contributed by atoms with E-state index in [9.17, 15) is 0 Å². The molecule has 0 aromatic heterocycles. The Labute approximate surface area is 100 Å². The van der Waals surface area contributed by atoms with Crippen molar-refractivity contribution in [3.63, 3.8) is 0 Å². The predicted molar refractivity (Wildman–Crippen MR) is 46.9 cm³/mol. The van der Waals surface area contributed by atoms with Gasteiger partial charge in [0.1, 0.15) is 0 Å². The maximum Gasteiger partial charge on any atom is 0.00434 e. The van der Waals surface area contributed by atoms with Crippen molar-refractivity contribution in [2.45, 2.75) is 38.3 Å². The van der Waals surface area contributed by atoms with Crippen molar-refractivity contribution in [1.82, 2.24) is 4.90 Å². The van der Waals surface area contributed by atoms with Gasteiger partial charge >= 0.3 is 0 Å². The van der Waals surface area contributed by atoms with Crippen LogP contribution < -0.4 is 0 Å². The Morgan fingerprint density at radius 1 is 1.33 bits per heavy atom. The normalized spacial score (nSPS) is 35.2. The molecule has 2 aliphatic heterocycles. The van der Waals surface area contributed by atoms with Crippen molar-refractivity contribution in [2.24, 2.45) is 0 Å². The maximum atomic E-state index is 4.45. The van der Waals surface area contributed by atoms with Crippen molar-refractivity contribution in [1.29, 1.82) is 0 Å². The van der Waals surface area contributed by atoms with Gasteiger partial charge in [0.25, 0.3) is 0 Å². The molecule has 67 valence electrons. The minimum Gasteiger partial charge on any atom is -0.661 e. The van der Waals surface area contributed by atoms with E-state index < -0.39 is 0 Å². The Hall–Kier alpha value is 1.02. The molecule has 2 aliphatic rings. The molecular formula is C9H17N2Y-. The fourth-order valence-electron chi connectivity index (χ4n) is 2.45. The number of hydrogen-bond acceptors (Lipinski definition) is 1. The van der Waals surface area contributed by atoms with Gasteiger partial charge in [-0.05, 0) is 20.3 Å². The average molecular weight is 242 g/mol. The van der Waals surface area contributed by atoms with Gasteiger partial charge in [0, 0.05) is 50.8 Å². The number of hydrogen-bond donors (Lipinski definition) is 0. The summed E-state index contributed by atoms with van der Waals surface area (Å²) < 4.78 is 0.